The van der Waals surface area contributed by atoms with Crippen LogP contribution in [0.5, 0.6) is 0 Å². The van der Waals surface area contributed by atoms with E-state index in [2.05, 4.69) is 5.32 Å². The maximum atomic E-state index is 14.7. The first-order chi connectivity index (χ1) is 12.6. The molecule has 0 bridgehead atoms. The molecule has 1 aliphatic rings. The standard InChI is InChI=1S/C17H15F7N2S/c18-13-8-11(16(19,20)21)7-12(17(22,23)24)14(13)15(10-1-6-27-9-10)26-4-2-25-3-5-26/h1,6-9,15,25H,2-5H2/t15-/m1/s1. The van der Waals surface area contributed by atoms with Crippen LogP contribution in [0, 0.1) is 5.82 Å². The maximum absolute atomic E-state index is 14.7. The molecule has 1 aromatic heterocycles. The first-order valence-corrected chi connectivity index (χ1v) is 8.98. The molecule has 0 amide bonds. The van der Waals surface area contributed by atoms with Gasteiger partial charge >= 0.3 is 12.4 Å². The van der Waals surface area contributed by atoms with Gasteiger partial charge in [0, 0.05) is 31.7 Å². The molecule has 1 fully saturated rings. The number of piperazine rings is 1. The van der Waals surface area contributed by atoms with E-state index in [1.54, 1.807) is 21.7 Å². The van der Waals surface area contributed by atoms with Gasteiger partial charge in [-0.25, -0.2) is 4.39 Å². The average molecular weight is 412 g/mol. The summed E-state index contributed by atoms with van der Waals surface area (Å²) >= 11 is 1.23. The number of rotatable bonds is 3. The highest BCUT2D eigenvalue weighted by atomic mass is 32.1. The van der Waals surface area contributed by atoms with Gasteiger partial charge in [-0.3, -0.25) is 4.90 Å². The second-order valence-electron chi connectivity index (χ2n) is 6.16. The van der Waals surface area contributed by atoms with Gasteiger partial charge in [0.15, 0.2) is 0 Å². The molecule has 0 aliphatic carbocycles. The minimum absolute atomic E-state index is 0.0000215. The van der Waals surface area contributed by atoms with Crippen molar-refractivity contribution in [2.24, 2.45) is 0 Å². The van der Waals surface area contributed by atoms with Crippen molar-refractivity contribution in [1.82, 2.24) is 10.2 Å². The minimum atomic E-state index is -5.13. The molecular weight excluding hydrogens is 397 g/mol. The van der Waals surface area contributed by atoms with Crippen molar-refractivity contribution in [3.63, 3.8) is 0 Å². The Morgan fingerprint density at radius 2 is 1.67 bits per heavy atom. The number of nitrogens with zero attached hydrogens (tertiary/aromatic N) is 1. The van der Waals surface area contributed by atoms with E-state index < -0.39 is 40.9 Å². The predicted molar refractivity (Wildman–Crippen MR) is 87.0 cm³/mol. The van der Waals surface area contributed by atoms with Crippen LogP contribution in [-0.4, -0.2) is 31.1 Å². The molecule has 10 heteroatoms. The van der Waals surface area contributed by atoms with E-state index in [-0.39, 0.29) is 12.1 Å². The van der Waals surface area contributed by atoms with Crippen LogP contribution in [0.3, 0.4) is 0 Å². The molecule has 1 saturated heterocycles. The van der Waals surface area contributed by atoms with Crippen LogP contribution in [0.4, 0.5) is 30.7 Å². The molecule has 1 N–H and O–H groups in total. The second kappa shape index (κ2) is 7.40. The first-order valence-electron chi connectivity index (χ1n) is 8.03. The predicted octanol–water partition coefficient (Wildman–Crippen LogP) is 4.92. The zero-order chi connectivity index (χ0) is 19.8. The lowest BCUT2D eigenvalue weighted by Gasteiger charge is -2.36. The summed E-state index contributed by atoms with van der Waals surface area (Å²) in [4.78, 5) is 1.65. The maximum Gasteiger partial charge on any atom is 0.416 e. The SMILES string of the molecule is Fc1cc(C(F)(F)F)cc(C(F)(F)F)c1[C@@H](c1ccsc1)N1CCNCC1. The third-order valence-electron chi connectivity index (χ3n) is 4.41. The lowest BCUT2D eigenvalue weighted by atomic mass is 9.91. The molecule has 27 heavy (non-hydrogen) atoms. The van der Waals surface area contributed by atoms with E-state index in [0.717, 1.165) is 0 Å². The first kappa shape index (κ1) is 20.1. The van der Waals surface area contributed by atoms with Gasteiger partial charge in [-0.05, 0) is 34.5 Å². The van der Waals surface area contributed by atoms with E-state index >= 15 is 0 Å². The summed E-state index contributed by atoms with van der Waals surface area (Å²) in [7, 11) is 0. The molecular formula is C17H15F7N2S. The van der Waals surface area contributed by atoms with E-state index in [1.807, 2.05) is 0 Å². The van der Waals surface area contributed by atoms with E-state index in [4.69, 9.17) is 0 Å². The smallest absolute Gasteiger partial charge is 0.314 e. The van der Waals surface area contributed by atoms with Crippen LogP contribution in [-0.2, 0) is 12.4 Å². The van der Waals surface area contributed by atoms with Crippen molar-refractivity contribution in [2.45, 2.75) is 18.4 Å². The molecule has 2 aromatic rings. The van der Waals surface area contributed by atoms with Crippen LogP contribution in [0.2, 0.25) is 0 Å². The summed E-state index contributed by atoms with van der Waals surface area (Å²) in [6.07, 6.45) is -10.2. The number of benzene rings is 1. The van der Waals surface area contributed by atoms with Gasteiger partial charge in [0.1, 0.15) is 5.82 Å². The van der Waals surface area contributed by atoms with Gasteiger partial charge < -0.3 is 5.32 Å². The molecule has 2 heterocycles. The number of hydrogen-bond acceptors (Lipinski definition) is 3. The Morgan fingerprint density at radius 3 is 2.19 bits per heavy atom. The van der Waals surface area contributed by atoms with Crippen molar-refractivity contribution in [3.05, 3.63) is 57.0 Å². The fraction of sp³-hybridized carbons (Fsp3) is 0.412. The molecule has 0 spiro atoms. The number of halogens is 7. The van der Waals surface area contributed by atoms with Crippen molar-refractivity contribution in [2.75, 3.05) is 26.2 Å². The fourth-order valence-corrected chi connectivity index (χ4v) is 3.90. The molecule has 1 aliphatic heterocycles. The fourth-order valence-electron chi connectivity index (χ4n) is 3.22. The van der Waals surface area contributed by atoms with Crippen molar-refractivity contribution in [1.29, 1.82) is 0 Å². The molecule has 0 unspecified atom stereocenters. The molecule has 2 nitrogen and oxygen atoms in total. The van der Waals surface area contributed by atoms with Gasteiger partial charge in [-0.15, -0.1) is 0 Å². The third kappa shape index (κ3) is 4.27. The van der Waals surface area contributed by atoms with Crippen molar-refractivity contribution in [3.8, 4) is 0 Å². The van der Waals surface area contributed by atoms with Crippen LogP contribution >= 0.6 is 11.3 Å². The van der Waals surface area contributed by atoms with E-state index in [9.17, 15) is 30.7 Å². The van der Waals surface area contributed by atoms with Crippen molar-refractivity contribution < 1.29 is 30.7 Å². The van der Waals surface area contributed by atoms with Crippen molar-refractivity contribution >= 4 is 11.3 Å². The third-order valence-corrected chi connectivity index (χ3v) is 5.11. The van der Waals surface area contributed by atoms with Gasteiger partial charge in [-0.1, -0.05) is 0 Å². The number of nitrogens with one attached hydrogen (secondary N) is 1. The van der Waals surface area contributed by atoms with Gasteiger partial charge in [0.05, 0.1) is 17.2 Å². The van der Waals surface area contributed by atoms with E-state index in [0.29, 0.717) is 31.7 Å². The Bertz CT molecular complexity index is 778. The van der Waals surface area contributed by atoms with E-state index in [1.165, 1.54) is 11.3 Å². The largest absolute Gasteiger partial charge is 0.416 e. The van der Waals surface area contributed by atoms with Crippen LogP contribution in [0.1, 0.15) is 28.3 Å². The summed E-state index contributed by atoms with van der Waals surface area (Å²) in [6.45, 7) is 1.67. The lowest BCUT2D eigenvalue weighted by Crippen LogP contribution is -2.46. The van der Waals surface area contributed by atoms with Crippen LogP contribution < -0.4 is 5.32 Å². The lowest BCUT2D eigenvalue weighted by molar-refractivity contribution is -0.144. The second-order valence-corrected chi connectivity index (χ2v) is 6.94. The highest BCUT2D eigenvalue weighted by Crippen LogP contribution is 2.43. The number of hydrogen-bond donors (Lipinski definition) is 1. The highest BCUT2D eigenvalue weighted by Gasteiger charge is 2.42. The Hall–Kier alpha value is -1.65. The summed E-state index contributed by atoms with van der Waals surface area (Å²) in [5.41, 5.74) is -3.59. The summed E-state index contributed by atoms with van der Waals surface area (Å²) in [5, 5.41) is 6.28. The molecule has 0 saturated carbocycles. The Morgan fingerprint density at radius 1 is 1.00 bits per heavy atom. The molecule has 3 rings (SSSR count). The molecule has 1 aromatic carbocycles. The van der Waals surface area contributed by atoms with Gasteiger partial charge in [-0.2, -0.15) is 37.7 Å². The average Bonchev–Trinajstić information content (AvgIpc) is 3.09. The molecule has 1 atom stereocenters. The molecule has 148 valence electrons. The molecule has 0 radical (unpaired) electrons. The summed E-state index contributed by atoms with van der Waals surface area (Å²) in [6, 6.07) is 0.595. The van der Waals surface area contributed by atoms with Crippen LogP contribution in [0.15, 0.2) is 29.0 Å². The van der Waals surface area contributed by atoms with Crippen LogP contribution in [0.25, 0.3) is 0 Å². The highest BCUT2D eigenvalue weighted by molar-refractivity contribution is 7.08. The number of thiophene rings is 1. The quantitative estimate of drug-likeness (QED) is 0.720. The monoisotopic (exact) mass is 412 g/mol. The summed E-state index contributed by atoms with van der Waals surface area (Å²) < 4.78 is 94.4. The van der Waals surface area contributed by atoms with Gasteiger partial charge in [0.25, 0.3) is 0 Å². The zero-order valence-electron chi connectivity index (χ0n) is 13.8. The van der Waals surface area contributed by atoms with Gasteiger partial charge in [0.2, 0.25) is 0 Å². The number of alkyl halides is 6. The summed E-state index contributed by atoms with van der Waals surface area (Å²) in [5.74, 6) is -1.51. The Labute approximate surface area is 154 Å². The Kier molecular flexibility index (Phi) is 5.51. The zero-order valence-corrected chi connectivity index (χ0v) is 14.6. The topological polar surface area (TPSA) is 15.3 Å². The normalized spacial score (nSPS) is 17.9. The Balaban J connectivity index is 2.22. The minimum Gasteiger partial charge on any atom is -0.314 e.